The number of pyridine rings is 2. The number of likely N-dealkylation sites (N-methyl/N-ethyl adjacent to an activating group) is 1. The molecule has 1 N–H and O–H groups in total. The van der Waals surface area contributed by atoms with Crippen LogP contribution >= 0.6 is 0 Å². The lowest BCUT2D eigenvalue weighted by Crippen LogP contribution is -2.34. The van der Waals surface area contributed by atoms with E-state index in [0.29, 0.717) is 19.6 Å². The number of amides is 1. The standard InChI is InChI=1S/C17H23N5O/c1-21(2)17-15(7-5-9-19-17)11-20-16(23)13-22(3)12-14-6-4-8-18-10-14/h4-10H,11-13H2,1-3H3,(H,20,23). The summed E-state index contributed by atoms with van der Waals surface area (Å²) in [7, 11) is 5.80. The van der Waals surface area contributed by atoms with E-state index in [0.717, 1.165) is 16.9 Å². The summed E-state index contributed by atoms with van der Waals surface area (Å²) >= 11 is 0. The van der Waals surface area contributed by atoms with E-state index in [9.17, 15) is 4.79 Å². The maximum absolute atomic E-state index is 12.1. The lowest BCUT2D eigenvalue weighted by Gasteiger charge is -2.18. The Morgan fingerprint density at radius 3 is 2.65 bits per heavy atom. The smallest absolute Gasteiger partial charge is 0.234 e. The molecule has 0 aromatic carbocycles. The molecule has 0 fully saturated rings. The topological polar surface area (TPSA) is 61.4 Å². The predicted octanol–water partition coefficient (Wildman–Crippen LogP) is 1.29. The predicted molar refractivity (Wildman–Crippen MR) is 91.0 cm³/mol. The quantitative estimate of drug-likeness (QED) is 0.834. The Morgan fingerprint density at radius 2 is 1.96 bits per heavy atom. The van der Waals surface area contributed by atoms with Crippen molar-refractivity contribution in [1.29, 1.82) is 0 Å². The molecule has 0 aliphatic heterocycles. The van der Waals surface area contributed by atoms with Crippen LogP contribution in [0.25, 0.3) is 0 Å². The number of carbonyl (C=O) groups excluding carboxylic acids is 1. The summed E-state index contributed by atoms with van der Waals surface area (Å²) < 4.78 is 0. The monoisotopic (exact) mass is 313 g/mol. The number of aromatic nitrogens is 2. The molecule has 23 heavy (non-hydrogen) atoms. The molecule has 1 amide bonds. The molecule has 2 aromatic rings. The van der Waals surface area contributed by atoms with Crippen LogP contribution in [0.15, 0.2) is 42.9 Å². The summed E-state index contributed by atoms with van der Waals surface area (Å²) in [5, 5.41) is 2.95. The molecule has 2 rings (SSSR count). The third-order valence-corrected chi connectivity index (χ3v) is 3.36. The Bertz CT molecular complexity index is 630. The molecule has 0 saturated carbocycles. The molecule has 0 atom stereocenters. The first-order valence-corrected chi connectivity index (χ1v) is 7.51. The van der Waals surface area contributed by atoms with Crippen LogP contribution in [0.4, 0.5) is 5.82 Å². The average molecular weight is 313 g/mol. The van der Waals surface area contributed by atoms with Gasteiger partial charge in [-0.25, -0.2) is 4.98 Å². The summed E-state index contributed by atoms with van der Waals surface area (Å²) in [4.78, 5) is 24.4. The van der Waals surface area contributed by atoms with Gasteiger partial charge >= 0.3 is 0 Å². The molecule has 122 valence electrons. The molecule has 0 aliphatic carbocycles. The van der Waals surface area contributed by atoms with Crippen LogP contribution < -0.4 is 10.2 Å². The van der Waals surface area contributed by atoms with Crippen LogP contribution in [-0.4, -0.2) is 48.5 Å². The van der Waals surface area contributed by atoms with Crippen molar-refractivity contribution >= 4 is 11.7 Å². The zero-order chi connectivity index (χ0) is 16.7. The Kier molecular flexibility index (Phi) is 6.05. The summed E-state index contributed by atoms with van der Waals surface area (Å²) in [6, 6.07) is 7.75. The van der Waals surface area contributed by atoms with Crippen molar-refractivity contribution in [2.45, 2.75) is 13.1 Å². The largest absolute Gasteiger partial charge is 0.362 e. The SMILES string of the molecule is CN(CC(=O)NCc1cccnc1N(C)C)Cc1cccnc1. The van der Waals surface area contributed by atoms with Gasteiger partial charge in [-0.2, -0.15) is 0 Å². The second-order valence-electron chi connectivity index (χ2n) is 5.69. The highest BCUT2D eigenvalue weighted by atomic mass is 16.2. The first kappa shape index (κ1) is 16.9. The summed E-state index contributed by atoms with van der Waals surface area (Å²) in [5.74, 6) is 0.862. The van der Waals surface area contributed by atoms with Gasteiger partial charge < -0.3 is 10.2 Å². The lowest BCUT2D eigenvalue weighted by molar-refractivity contribution is -0.122. The molecule has 0 aliphatic rings. The number of carbonyl (C=O) groups is 1. The molecule has 0 saturated heterocycles. The number of nitrogens with zero attached hydrogens (tertiary/aromatic N) is 4. The molecule has 0 bridgehead atoms. The van der Waals surface area contributed by atoms with Crippen LogP contribution in [0, 0.1) is 0 Å². The Labute approximate surface area is 137 Å². The molecular weight excluding hydrogens is 290 g/mol. The van der Waals surface area contributed by atoms with E-state index in [-0.39, 0.29) is 5.91 Å². The van der Waals surface area contributed by atoms with Crippen molar-refractivity contribution in [3.8, 4) is 0 Å². The van der Waals surface area contributed by atoms with Gasteiger partial charge in [0.25, 0.3) is 0 Å². The molecule has 6 nitrogen and oxygen atoms in total. The fourth-order valence-electron chi connectivity index (χ4n) is 2.33. The van der Waals surface area contributed by atoms with Crippen LogP contribution in [0.1, 0.15) is 11.1 Å². The maximum atomic E-state index is 12.1. The number of nitrogens with one attached hydrogen (secondary N) is 1. The van der Waals surface area contributed by atoms with Crippen molar-refractivity contribution in [2.24, 2.45) is 0 Å². The minimum Gasteiger partial charge on any atom is -0.362 e. The highest BCUT2D eigenvalue weighted by Gasteiger charge is 2.09. The van der Waals surface area contributed by atoms with Gasteiger partial charge in [0.15, 0.2) is 0 Å². The lowest BCUT2D eigenvalue weighted by atomic mass is 10.2. The summed E-state index contributed by atoms with van der Waals surface area (Å²) in [6.07, 6.45) is 5.31. The second kappa shape index (κ2) is 8.24. The molecular formula is C17H23N5O. The highest BCUT2D eigenvalue weighted by molar-refractivity contribution is 5.78. The minimum absolute atomic E-state index is 0.00931. The van der Waals surface area contributed by atoms with Crippen molar-refractivity contribution in [1.82, 2.24) is 20.2 Å². The number of rotatable bonds is 7. The van der Waals surface area contributed by atoms with Gasteiger partial charge in [0.05, 0.1) is 6.54 Å². The Morgan fingerprint density at radius 1 is 1.17 bits per heavy atom. The summed E-state index contributed by atoms with van der Waals surface area (Å²) in [6.45, 7) is 1.50. The number of hydrogen-bond donors (Lipinski definition) is 1. The molecule has 2 heterocycles. The zero-order valence-electron chi connectivity index (χ0n) is 13.9. The third-order valence-electron chi connectivity index (χ3n) is 3.36. The highest BCUT2D eigenvalue weighted by Crippen LogP contribution is 2.13. The van der Waals surface area contributed by atoms with Crippen LogP contribution in [0.3, 0.4) is 0 Å². The van der Waals surface area contributed by atoms with Crippen molar-refractivity contribution < 1.29 is 4.79 Å². The molecule has 0 radical (unpaired) electrons. The van der Waals surface area contributed by atoms with E-state index >= 15 is 0 Å². The second-order valence-corrected chi connectivity index (χ2v) is 5.69. The van der Waals surface area contributed by atoms with Crippen LogP contribution in [0.5, 0.6) is 0 Å². The first-order valence-electron chi connectivity index (χ1n) is 7.51. The Balaban J connectivity index is 1.83. The Hall–Kier alpha value is -2.47. The third kappa shape index (κ3) is 5.34. The molecule has 0 spiro atoms. The van der Waals surface area contributed by atoms with Gasteiger partial charge in [-0.1, -0.05) is 12.1 Å². The summed E-state index contributed by atoms with van der Waals surface area (Å²) in [5.41, 5.74) is 2.09. The fraction of sp³-hybridized carbons (Fsp3) is 0.353. The molecule has 6 heteroatoms. The van der Waals surface area contributed by atoms with E-state index < -0.39 is 0 Å². The van der Waals surface area contributed by atoms with Crippen molar-refractivity contribution in [3.05, 3.63) is 54.0 Å². The van der Waals surface area contributed by atoms with Gasteiger partial charge in [0.1, 0.15) is 5.82 Å². The number of hydrogen-bond acceptors (Lipinski definition) is 5. The van der Waals surface area contributed by atoms with Gasteiger partial charge in [0.2, 0.25) is 5.91 Å². The van der Waals surface area contributed by atoms with E-state index in [1.807, 2.05) is 61.4 Å². The van der Waals surface area contributed by atoms with Gasteiger partial charge in [-0.3, -0.25) is 14.7 Å². The van der Waals surface area contributed by atoms with Crippen molar-refractivity contribution in [3.63, 3.8) is 0 Å². The van der Waals surface area contributed by atoms with Gasteiger partial charge in [-0.05, 0) is 24.7 Å². The van der Waals surface area contributed by atoms with Crippen LogP contribution in [-0.2, 0) is 17.9 Å². The van der Waals surface area contributed by atoms with E-state index in [4.69, 9.17) is 0 Å². The van der Waals surface area contributed by atoms with Crippen LogP contribution in [0.2, 0.25) is 0 Å². The molecule has 2 aromatic heterocycles. The maximum Gasteiger partial charge on any atom is 0.234 e. The minimum atomic E-state index is -0.00931. The normalized spacial score (nSPS) is 10.6. The average Bonchev–Trinajstić information content (AvgIpc) is 2.54. The fourth-order valence-corrected chi connectivity index (χ4v) is 2.33. The molecule has 0 unspecified atom stereocenters. The first-order chi connectivity index (χ1) is 11.1. The zero-order valence-corrected chi connectivity index (χ0v) is 13.9. The number of anilines is 1. The van der Waals surface area contributed by atoms with E-state index in [1.165, 1.54) is 0 Å². The van der Waals surface area contributed by atoms with Crippen molar-refractivity contribution in [2.75, 3.05) is 32.6 Å². The van der Waals surface area contributed by atoms with E-state index in [2.05, 4.69) is 15.3 Å². The van der Waals surface area contributed by atoms with Gasteiger partial charge in [-0.15, -0.1) is 0 Å². The van der Waals surface area contributed by atoms with Gasteiger partial charge in [0, 0.05) is 51.3 Å². The van der Waals surface area contributed by atoms with E-state index in [1.54, 1.807) is 12.4 Å².